The third kappa shape index (κ3) is 4.49. The van der Waals surface area contributed by atoms with Crippen molar-refractivity contribution in [1.82, 2.24) is 25.0 Å². The molecule has 3 rings (SSSR count). The van der Waals surface area contributed by atoms with Crippen molar-refractivity contribution in [2.45, 2.75) is 44.7 Å². The van der Waals surface area contributed by atoms with Crippen LogP contribution < -0.4 is 10.9 Å². The molecule has 7 heteroatoms. The van der Waals surface area contributed by atoms with Crippen LogP contribution in [-0.4, -0.2) is 38.8 Å². The van der Waals surface area contributed by atoms with Gasteiger partial charge in [0.1, 0.15) is 0 Å². The van der Waals surface area contributed by atoms with Crippen molar-refractivity contribution in [2.24, 2.45) is 0 Å². The van der Waals surface area contributed by atoms with Crippen LogP contribution in [0.15, 0.2) is 41.6 Å². The van der Waals surface area contributed by atoms with Gasteiger partial charge in [0.15, 0.2) is 0 Å². The fourth-order valence-electron chi connectivity index (χ4n) is 3.31. The molecule has 3 heterocycles. The molecule has 1 aliphatic heterocycles. The summed E-state index contributed by atoms with van der Waals surface area (Å²) in [6.07, 6.45) is 10.3. The molecule has 0 saturated carbocycles. The molecular weight excluding hydrogens is 318 g/mol. The van der Waals surface area contributed by atoms with E-state index in [1.165, 1.54) is 0 Å². The third-order valence-corrected chi connectivity index (χ3v) is 4.67. The molecule has 0 aliphatic carbocycles. The zero-order valence-corrected chi connectivity index (χ0v) is 14.4. The van der Waals surface area contributed by atoms with Gasteiger partial charge in [0, 0.05) is 43.7 Å². The van der Waals surface area contributed by atoms with Crippen LogP contribution in [0.5, 0.6) is 0 Å². The van der Waals surface area contributed by atoms with Crippen LogP contribution in [0.2, 0.25) is 0 Å². The molecule has 2 aromatic heterocycles. The molecule has 1 saturated heterocycles. The first-order valence-corrected chi connectivity index (χ1v) is 8.94. The minimum Gasteiger partial charge on any atom is -0.338 e. The van der Waals surface area contributed by atoms with Crippen molar-refractivity contribution in [1.29, 1.82) is 0 Å². The van der Waals surface area contributed by atoms with Crippen molar-refractivity contribution < 1.29 is 4.79 Å². The van der Waals surface area contributed by atoms with Gasteiger partial charge in [0.2, 0.25) is 5.56 Å². The Balaban J connectivity index is 1.44. The van der Waals surface area contributed by atoms with Gasteiger partial charge in [-0.15, -0.1) is 0 Å². The highest BCUT2D eigenvalue weighted by Gasteiger charge is 2.28. The molecular formula is C18H25N5O2. The van der Waals surface area contributed by atoms with Crippen LogP contribution in [0, 0.1) is 0 Å². The van der Waals surface area contributed by atoms with Crippen LogP contribution in [0.4, 0.5) is 4.79 Å². The highest BCUT2D eigenvalue weighted by molar-refractivity contribution is 5.74. The molecule has 2 N–H and O–H groups in total. The van der Waals surface area contributed by atoms with E-state index < -0.39 is 0 Å². The predicted octanol–water partition coefficient (Wildman–Crippen LogP) is 2.29. The lowest BCUT2D eigenvalue weighted by Gasteiger charge is -2.35. The van der Waals surface area contributed by atoms with Gasteiger partial charge >= 0.3 is 6.03 Å². The van der Waals surface area contributed by atoms with Crippen LogP contribution in [-0.2, 0) is 6.54 Å². The lowest BCUT2D eigenvalue weighted by molar-refractivity contribution is 0.151. The lowest BCUT2D eigenvalue weighted by atomic mass is 9.98. The summed E-state index contributed by atoms with van der Waals surface area (Å²) in [5.41, 5.74) is 1.08. The maximum atomic E-state index is 12.5. The zero-order chi connectivity index (χ0) is 17.5. The van der Waals surface area contributed by atoms with E-state index in [0.717, 1.165) is 44.2 Å². The highest BCUT2D eigenvalue weighted by atomic mass is 16.2. The minimum absolute atomic E-state index is 0.0113. The zero-order valence-electron chi connectivity index (χ0n) is 14.4. The summed E-state index contributed by atoms with van der Waals surface area (Å²) in [7, 11) is 0. The molecule has 25 heavy (non-hydrogen) atoms. The number of aromatic amines is 1. The van der Waals surface area contributed by atoms with Crippen molar-refractivity contribution >= 4 is 6.03 Å². The first kappa shape index (κ1) is 17.3. The van der Waals surface area contributed by atoms with E-state index >= 15 is 0 Å². The number of hydrogen-bond donors (Lipinski definition) is 2. The fraction of sp³-hybridized carbons (Fsp3) is 0.500. The summed E-state index contributed by atoms with van der Waals surface area (Å²) < 4.78 is 1.70. The Morgan fingerprint density at radius 2 is 2.24 bits per heavy atom. The molecule has 1 unspecified atom stereocenters. The summed E-state index contributed by atoms with van der Waals surface area (Å²) >= 11 is 0. The number of likely N-dealkylation sites (tertiary alicyclic amines) is 1. The Morgan fingerprint density at radius 3 is 3.04 bits per heavy atom. The molecule has 2 amide bonds. The number of amides is 2. The fourth-order valence-corrected chi connectivity index (χ4v) is 3.31. The average Bonchev–Trinajstić information content (AvgIpc) is 3.17. The summed E-state index contributed by atoms with van der Waals surface area (Å²) in [5, 5.41) is 9.85. The molecule has 1 fully saturated rings. The molecule has 134 valence electrons. The SMILES string of the molecule is O=C(NCCCCn1ccccc1=O)N1CCCCC1c1cn[nH]c1. The number of carbonyl (C=O) groups excluding carboxylic acids is 1. The number of rotatable bonds is 6. The monoisotopic (exact) mass is 343 g/mol. The number of pyridine rings is 1. The first-order chi connectivity index (χ1) is 12.3. The maximum Gasteiger partial charge on any atom is 0.317 e. The number of aromatic nitrogens is 3. The molecule has 1 atom stereocenters. The van der Waals surface area contributed by atoms with Gasteiger partial charge in [-0.2, -0.15) is 5.10 Å². The standard InChI is InChI=1S/C18H25N5O2/c24-17-8-2-4-10-22(17)11-6-3-9-19-18(25)23-12-5-1-7-16(23)15-13-20-21-14-15/h2,4,8,10,13-14,16H,1,3,5-7,9,11-12H2,(H,19,25)(H,20,21). The Hall–Kier alpha value is -2.57. The van der Waals surface area contributed by atoms with Gasteiger partial charge in [0.25, 0.3) is 0 Å². The van der Waals surface area contributed by atoms with E-state index in [9.17, 15) is 9.59 Å². The van der Waals surface area contributed by atoms with Gasteiger partial charge in [0.05, 0.1) is 12.2 Å². The van der Waals surface area contributed by atoms with E-state index in [2.05, 4.69) is 15.5 Å². The quantitative estimate of drug-likeness (QED) is 0.790. The summed E-state index contributed by atoms with van der Waals surface area (Å²) in [5.74, 6) is 0. The number of carbonyl (C=O) groups is 1. The highest BCUT2D eigenvalue weighted by Crippen LogP contribution is 2.30. The molecule has 1 aliphatic rings. The number of H-pyrrole nitrogens is 1. The summed E-state index contributed by atoms with van der Waals surface area (Å²) in [6, 6.07) is 5.26. The second-order valence-corrected chi connectivity index (χ2v) is 6.41. The number of unbranched alkanes of at least 4 members (excludes halogenated alkanes) is 1. The predicted molar refractivity (Wildman–Crippen MR) is 95.2 cm³/mol. The van der Waals surface area contributed by atoms with Gasteiger partial charge in [-0.05, 0) is 38.2 Å². The maximum absolute atomic E-state index is 12.5. The Morgan fingerprint density at radius 1 is 1.32 bits per heavy atom. The van der Waals surface area contributed by atoms with E-state index in [-0.39, 0.29) is 17.6 Å². The third-order valence-electron chi connectivity index (χ3n) is 4.67. The van der Waals surface area contributed by atoms with E-state index in [0.29, 0.717) is 13.1 Å². The van der Waals surface area contributed by atoms with Gasteiger partial charge in [-0.25, -0.2) is 4.79 Å². The van der Waals surface area contributed by atoms with E-state index in [1.54, 1.807) is 29.1 Å². The smallest absolute Gasteiger partial charge is 0.317 e. The minimum atomic E-state index is -0.0113. The van der Waals surface area contributed by atoms with Crippen molar-refractivity contribution in [3.05, 3.63) is 52.7 Å². The summed E-state index contributed by atoms with van der Waals surface area (Å²) in [6.45, 7) is 2.08. The van der Waals surface area contributed by atoms with Gasteiger partial charge < -0.3 is 14.8 Å². The Bertz CT molecular complexity index is 725. The second-order valence-electron chi connectivity index (χ2n) is 6.41. The topological polar surface area (TPSA) is 83.0 Å². The number of aryl methyl sites for hydroxylation is 1. The molecule has 0 aromatic carbocycles. The van der Waals surface area contributed by atoms with E-state index in [1.807, 2.05) is 17.2 Å². The van der Waals surface area contributed by atoms with Crippen molar-refractivity contribution in [2.75, 3.05) is 13.1 Å². The van der Waals surface area contributed by atoms with Crippen molar-refractivity contribution in [3.63, 3.8) is 0 Å². The molecule has 2 aromatic rings. The number of nitrogens with zero attached hydrogens (tertiary/aromatic N) is 3. The molecule has 0 radical (unpaired) electrons. The first-order valence-electron chi connectivity index (χ1n) is 8.94. The second kappa shape index (κ2) is 8.50. The summed E-state index contributed by atoms with van der Waals surface area (Å²) in [4.78, 5) is 26.1. The number of nitrogens with one attached hydrogen (secondary N) is 2. The number of urea groups is 1. The molecule has 0 spiro atoms. The molecule has 7 nitrogen and oxygen atoms in total. The van der Waals surface area contributed by atoms with Crippen LogP contribution in [0.25, 0.3) is 0 Å². The van der Waals surface area contributed by atoms with Gasteiger partial charge in [-0.1, -0.05) is 6.07 Å². The normalized spacial score (nSPS) is 17.4. The Kier molecular flexibility index (Phi) is 5.87. The largest absolute Gasteiger partial charge is 0.338 e. The van der Waals surface area contributed by atoms with Crippen LogP contribution in [0.3, 0.4) is 0 Å². The van der Waals surface area contributed by atoms with Gasteiger partial charge in [-0.3, -0.25) is 9.89 Å². The van der Waals surface area contributed by atoms with Crippen LogP contribution >= 0.6 is 0 Å². The van der Waals surface area contributed by atoms with E-state index in [4.69, 9.17) is 0 Å². The lowest BCUT2D eigenvalue weighted by Crippen LogP contribution is -2.44. The van der Waals surface area contributed by atoms with Crippen molar-refractivity contribution in [3.8, 4) is 0 Å². The Labute approximate surface area is 147 Å². The molecule has 0 bridgehead atoms. The van der Waals surface area contributed by atoms with Crippen LogP contribution in [0.1, 0.15) is 43.7 Å². The number of hydrogen-bond acceptors (Lipinski definition) is 3. The number of piperidine rings is 1. The average molecular weight is 343 g/mol.